The third-order valence-corrected chi connectivity index (χ3v) is 3.17. The second-order valence-corrected chi connectivity index (χ2v) is 4.83. The van der Waals surface area contributed by atoms with Crippen LogP contribution in [0.15, 0.2) is 28.7 Å². The van der Waals surface area contributed by atoms with Crippen LogP contribution in [0.25, 0.3) is 0 Å². The highest BCUT2D eigenvalue weighted by atomic mass is 35.5. The fourth-order valence-corrected chi connectivity index (χ4v) is 1.84. The van der Waals surface area contributed by atoms with E-state index in [1.807, 2.05) is 36.2 Å². The van der Waals surface area contributed by atoms with Crippen LogP contribution in [0.1, 0.15) is 18.4 Å². The van der Waals surface area contributed by atoms with Gasteiger partial charge in [-0.2, -0.15) is 0 Å². The van der Waals surface area contributed by atoms with Gasteiger partial charge in [-0.15, -0.1) is 5.10 Å². The molecule has 1 aromatic heterocycles. The summed E-state index contributed by atoms with van der Waals surface area (Å²) in [5, 5.41) is 8.60. The van der Waals surface area contributed by atoms with Crippen LogP contribution in [-0.4, -0.2) is 23.3 Å². The van der Waals surface area contributed by atoms with E-state index in [2.05, 4.69) is 17.1 Å². The van der Waals surface area contributed by atoms with Gasteiger partial charge in [0.1, 0.15) is 0 Å². The van der Waals surface area contributed by atoms with Gasteiger partial charge in [-0.25, -0.2) is 0 Å². The lowest BCUT2D eigenvalue weighted by molar-refractivity contribution is 0.494. The molecule has 96 valence electrons. The molecule has 0 aliphatic carbocycles. The fraction of sp³-hybridized carbons (Fsp3) is 0.385. The molecular weight excluding hydrogens is 250 g/mol. The third kappa shape index (κ3) is 3.01. The van der Waals surface area contributed by atoms with E-state index in [9.17, 15) is 0 Å². The zero-order valence-electron chi connectivity index (χ0n) is 10.7. The highest BCUT2D eigenvalue weighted by Crippen LogP contribution is 2.17. The number of hydrogen-bond acceptors (Lipinski definition) is 4. The van der Waals surface area contributed by atoms with Gasteiger partial charge in [0.25, 0.3) is 0 Å². The summed E-state index contributed by atoms with van der Waals surface area (Å²) in [7, 11) is 1.95. The maximum atomic E-state index is 5.87. The number of benzene rings is 1. The van der Waals surface area contributed by atoms with Crippen LogP contribution in [0, 0.1) is 6.92 Å². The molecule has 0 spiro atoms. The Morgan fingerprint density at radius 1 is 1.28 bits per heavy atom. The lowest BCUT2D eigenvalue weighted by Gasteiger charge is -2.22. The number of anilines is 1. The van der Waals surface area contributed by atoms with E-state index in [-0.39, 0.29) is 6.04 Å². The molecule has 0 aliphatic rings. The highest BCUT2D eigenvalue weighted by molar-refractivity contribution is 6.30. The SMILES string of the molecule is Cc1nnc(N(C)C(C)Cc2ccc(Cl)cc2)o1. The van der Waals surface area contributed by atoms with E-state index in [1.54, 1.807) is 6.92 Å². The van der Waals surface area contributed by atoms with Crippen molar-refractivity contribution < 1.29 is 4.42 Å². The number of likely N-dealkylation sites (N-methyl/N-ethyl adjacent to an activating group) is 1. The topological polar surface area (TPSA) is 42.2 Å². The number of hydrogen-bond donors (Lipinski definition) is 0. The van der Waals surface area contributed by atoms with Crippen molar-refractivity contribution in [3.63, 3.8) is 0 Å². The molecule has 0 saturated carbocycles. The van der Waals surface area contributed by atoms with E-state index < -0.39 is 0 Å². The molecule has 0 amide bonds. The zero-order valence-corrected chi connectivity index (χ0v) is 11.5. The molecule has 1 atom stereocenters. The average molecular weight is 266 g/mol. The summed E-state index contributed by atoms with van der Waals surface area (Å²) >= 11 is 5.87. The van der Waals surface area contributed by atoms with Gasteiger partial charge in [0.2, 0.25) is 5.89 Å². The van der Waals surface area contributed by atoms with Crippen molar-refractivity contribution in [2.24, 2.45) is 0 Å². The van der Waals surface area contributed by atoms with Crippen molar-refractivity contribution in [1.82, 2.24) is 10.2 Å². The lowest BCUT2D eigenvalue weighted by Crippen LogP contribution is -2.30. The van der Waals surface area contributed by atoms with Gasteiger partial charge < -0.3 is 9.32 Å². The number of halogens is 1. The number of aryl methyl sites for hydroxylation is 1. The van der Waals surface area contributed by atoms with Gasteiger partial charge >= 0.3 is 6.01 Å². The molecule has 0 saturated heterocycles. The van der Waals surface area contributed by atoms with Gasteiger partial charge in [0.05, 0.1) is 0 Å². The van der Waals surface area contributed by atoms with Crippen LogP contribution in [0.4, 0.5) is 6.01 Å². The summed E-state index contributed by atoms with van der Waals surface area (Å²) in [6, 6.07) is 8.69. The van der Waals surface area contributed by atoms with Gasteiger partial charge in [0, 0.05) is 25.0 Å². The van der Waals surface area contributed by atoms with Crippen LogP contribution in [0.2, 0.25) is 5.02 Å². The molecule has 18 heavy (non-hydrogen) atoms. The number of rotatable bonds is 4. The summed E-state index contributed by atoms with van der Waals surface area (Å²) in [5.41, 5.74) is 1.23. The third-order valence-electron chi connectivity index (χ3n) is 2.92. The summed E-state index contributed by atoms with van der Waals surface area (Å²) in [4.78, 5) is 1.98. The summed E-state index contributed by atoms with van der Waals surface area (Å²) in [5.74, 6) is 0.579. The summed E-state index contributed by atoms with van der Waals surface area (Å²) in [6.45, 7) is 3.91. The minimum atomic E-state index is 0.269. The maximum absolute atomic E-state index is 5.87. The monoisotopic (exact) mass is 265 g/mol. The Morgan fingerprint density at radius 2 is 1.94 bits per heavy atom. The minimum Gasteiger partial charge on any atom is -0.408 e. The Kier molecular flexibility index (Phi) is 3.87. The van der Waals surface area contributed by atoms with E-state index in [0.717, 1.165) is 11.4 Å². The maximum Gasteiger partial charge on any atom is 0.318 e. The smallest absolute Gasteiger partial charge is 0.318 e. The van der Waals surface area contributed by atoms with Gasteiger partial charge in [0.15, 0.2) is 0 Å². The van der Waals surface area contributed by atoms with Crippen LogP contribution >= 0.6 is 11.6 Å². The van der Waals surface area contributed by atoms with Crippen molar-refractivity contribution >= 4 is 17.6 Å². The summed E-state index contributed by atoms with van der Waals surface area (Å²) < 4.78 is 5.41. The fourth-order valence-electron chi connectivity index (χ4n) is 1.72. The Morgan fingerprint density at radius 3 is 2.50 bits per heavy atom. The lowest BCUT2D eigenvalue weighted by atomic mass is 10.1. The molecule has 1 aromatic carbocycles. The summed E-state index contributed by atoms with van der Waals surface area (Å²) in [6.07, 6.45) is 0.898. The molecule has 0 fully saturated rings. The molecule has 2 aromatic rings. The van der Waals surface area contributed by atoms with E-state index in [1.165, 1.54) is 5.56 Å². The zero-order chi connectivity index (χ0) is 13.1. The largest absolute Gasteiger partial charge is 0.408 e. The Bertz CT molecular complexity index is 509. The van der Waals surface area contributed by atoms with E-state index in [4.69, 9.17) is 16.0 Å². The van der Waals surface area contributed by atoms with Crippen molar-refractivity contribution in [3.05, 3.63) is 40.7 Å². The van der Waals surface area contributed by atoms with Crippen LogP contribution < -0.4 is 4.90 Å². The standard InChI is InChI=1S/C13H16ClN3O/c1-9(8-11-4-6-12(14)7-5-11)17(3)13-16-15-10(2)18-13/h4-7,9H,8H2,1-3H3. The molecule has 0 N–H and O–H groups in total. The van der Waals surface area contributed by atoms with Gasteiger partial charge in [-0.1, -0.05) is 28.8 Å². The van der Waals surface area contributed by atoms with Gasteiger partial charge in [-0.3, -0.25) is 0 Å². The molecule has 0 aliphatic heterocycles. The van der Waals surface area contributed by atoms with Crippen LogP contribution in [-0.2, 0) is 6.42 Å². The van der Waals surface area contributed by atoms with Crippen molar-refractivity contribution in [1.29, 1.82) is 0 Å². The average Bonchev–Trinajstić information content (AvgIpc) is 2.78. The van der Waals surface area contributed by atoms with Gasteiger partial charge in [-0.05, 0) is 31.0 Å². The number of nitrogens with zero attached hydrogens (tertiary/aromatic N) is 3. The quantitative estimate of drug-likeness (QED) is 0.852. The first kappa shape index (κ1) is 12.9. The second-order valence-electron chi connectivity index (χ2n) is 4.39. The Labute approximate surface area is 112 Å². The van der Waals surface area contributed by atoms with E-state index >= 15 is 0 Å². The Balaban J connectivity index is 2.03. The second kappa shape index (κ2) is 5.40. The molecule has 4 nitrogen and oxygen atoms in total. The van der Waals surface area contributed by atoms with E-state index in [0.29, 0.717) is 11.9 Å². The van der Waals surface area contributed by atoms with Crippen molar-refractivity contribution in [3.8, 4) is 0 Å². The van der Waals surface area contributed by atoms with Crippen LogP contribution in [0.5, 0.6) is 0 Å². The molecule has 5 heteroatoms. The molecule has 0 bridgehead atoms. The molecule has 1 unspecified atom stereocenters. The minimum absolute atomic E-state index is 0.269. The van der Waals surface area contributed by atoms with Crippen molar-refractivity contribution in [2.45, 2.75) is 26.3 Å². The predicted molar refractivity (Wildman–Crippen MR) is 72.1 cm³/mol. The Hall–Kier alpha value is -1.55. The first-order valence-electron chi connectivity index (χ1n) is 5.83. The highest BCUT2D eigenvalue weighted by Gasteiger charge is 2.15. The van der Waals surface area contributed by atoms with Crippen molar-refractivity contribution in [2.75, 3.05) is 11.9 Å². The molecule has 0 radical (unpaired) electrons. The predicted octanol–water partition coefficient (Wildman–Crippen LogP) is 3.10. The first-order valence-corrected chi connectivity index (χ1v) is 6.21. The molecule has 2 rings (SSSR count). The normalized spacial score (nSPS) is 12.4. The molecule has 1 heterocycles. The number of aromatic nitrogens is 2. The molecular formula is C13H16ClN3O. The van der Waals surface area contributed by atoms with Crippen LogP contribution in [0.3, 0.4) is 0 Å². The first-order chi connectivity index (χ1) is 8.56.